The first-order chi connectivity index (χ1) is 3.18. The first-order valence-corrected chi connectivity index (χ1v) is 2.54. The van der Waals surface area contributed by atoms with Gasteiger partial charge in [-0.2, -0.15) is 0 Å². The number of aliphatic hydroxyl groups is 2. The SMILES string of the molecule is CC[C@@H](O)C(C)O. The Bertz CT molecular complexity index is 43.3. The van der Waals surface area contributed by atoms with Crippen molar-refractivity contribution in [2.24, 2.45) is 0 Å². The maximum atomic E-state index is 8.69. The minimum Gasteiger partial charge on any atom is -0.391 e. The lowest BCUT2D eigenvalue weighted by molar-refractivity contribution is 0.0294. The molecule has 2 N–H and O–H groups in total. The Labute approximate surface area is 43.8 Å². The summed E-state index contributed by atoms with van der Waals surface area (Å²) in [5, 5.41) is 17.3. The molecule has 0 radical (unpaired) electrons. The zero-order valence-electron chi connectivity index (χ0n) is 4.76. The topological polar surface area (TPSA) is 40.5 Å². The second-order valence-electron chi connectivity index (χ2n) is 1.72. The van der Waals surface area contributed by atoms with Crippen LogP contribution in [0.15, 0.2) is 0 Å². The molecule has 0 amide bonds. The quantitative estimate of drug-likeness (QED) is 0.523. The van der Waals surface area contributed by atoms with E-state index in [1.54, 1.807) is 6.92 Å². The highest BCUT2D eigenvalue weighted by Gasteiger charge is 2.05. The van der Waals surface area contributed by atoms with Gasteiger partial charge in [-0.3, -0.25) is 0 Å². The van der Waals surface area contributed by atoms with Gasteiger partial charge in [0.25, 0.3) is 0 Å². The molecule has 2 heteroatoms. The van der Waals surface area contributed by atoms with Crippen LogP contribution >= 0.6 is 0 Å². The van der Waals surface area contributed by atoms with Gasteiger partial charge in [-0.25, -0.2) is 0 Å². The lowest BCUT2D eigenvalue weighted by Gasteiger charge is -2.08. The molecule has 0 aromatic heterocycles. The van der Waals surface area contributed by atoms with E-state index in [1.807, 2.05) is 6.92 Å². The summed E-state index contributed by atoms with van der Waals surface area (Å²) in [6, 6.07) is 0. The molecule has 0 aliphatic rings. The van der Waals surface area contributed by atoms with E-state index in [2.05, 4.69) is 0 Å². The second kappa shape index (κ2) is 2.99. The fourth-order valence-corrected chi connectivity index (χ4v) is 0.341. The molecular weight excluding hydrogens is 92.1 g/mol. The van der Waals surface area contributed by atoms with Crippen LogP contribution in [0.3, 0.4) is 0 Å². The molecule has 44 valence electrons. The summed E-state index contributed by atoms with van der Waals surface area (Å²) in [6.07, 6.45) is -0.498. The normalized spacial score (nSPS) is 18.9. The van der Waals surface area contributed by atoms with Crippen LogP contribution in [0, 0.1) is 0 Å². The Morgan fingerprint density at radius 2 is 1.86 bits per heavy atom. The van der Waals surface area contributed by atoms with Crippen molar-refractivity contribution >= 4 is 0 Å². The largest absolute Gasteiger partial charge is 0.391 e. The van der Waals surface area contributed by atoms with E-state index in [9.17, 15) is 0 Å². The van der Waals surface area contributed by atoms with Gasteiger partial charge in [0.05, 0.1) is 12.2 Å². The number of hydrogen-bond donors (Lipinski definition) is 2. The van der Waals surface area contributed by atoms with Gasteiger partial charge in [-0.05, 0) is 13.3 Å². The summed E-state index contributed by atoms with van der Waals surface area (Å²) in [4.78, 5) is 0. The molecule has 2 nitrogen and oxygen atoms in total. The Kier molecular flexibility index (Phi) is 2.96. The van der Waals surface area contributed by atoms with Crippen LogP contribution in [0.2, 0.25) is 0 Å². The monoisotopic (exact) mass is 104 g/mol. The van der Waals surface area contributed by atoms with E-state index in [0.29, 0.717) is 6.42 Å². The third kappa shape index (κ3) is 2.60. The van der Waals surface area contributed by atoms with Gasteiger partial charge in [0.1, 0.15) is 0 Å². The molecule has 0 fully saturated rings. The number of aliphatic hydroxyl groups excluding tert-OH is 2. The zero-order valence-corrected chi connectivity index (χ0v) is 4.76. The van der Waals surface area contributed by atoms with Crippen LogP contribution in [-0.4, -0.2) is 22.4 Å². The third-order valence-electron chi connectivity index (χ3n) is 0.975. The van der Waals surface area contributed by atoms with Crippen molar-refractivity contribution in [1.82, 2.24) is 0 Å². The average Bonchev–Trinajstić information content (AvgIpc) is 1.65. The second-order valence-corrected chi connectivity index (χ2v) is 1.72. The first kappa shape index (κ1) is 6.92. The summed E-state index contributed by atoms with van der Waals surface area (Å²) < 4.78 is 0. The van der Waals surface area contributed by atoms with Gasteiger partial charge in [0.2, 0.25) is 0 Å². The average molecular weight is 104 g/mol. The summed E-state index contributed by atoms with van der Waals surface area (Å²) in [7, 11) is 0. The van der Waals surface area contributed by atoms with Crippen molar-refractivity contribution < 1.29 is 10.2 Å². The molecule has 2 atom stereocenters. The molecule has 0 spiro atoms. The Balaban J connectivity index is 3.14. The van der Waals surface area contributed by atoms with Gasteiger partial charge in [0.15, 0.2) is 0 Å². The third-order valence-corrected chi connectivity index (χ3v) is 0.975. The highest BCUT2D eigenvalue weighted by atomic mass is 16.3. The lowest BCUT2D eigenvalue weighted by Crippen LogP contribution is -2.20. The van der Waals surface area contributed by atoms with Crippen LogP contribution < -0.4 is 0 Å². The van der Waals surface area contributed by atoms with Crippen LogP contribution in [0.4, 0.5) is 0 Å². The van der Waals surface area contributed by atoms with Crippen LogP contribution in [0.5, 0.6) is 0 Å². The summed E-state index contributed by atoms with van der Waals surface area (Å²) in [5.74, 6) is 0. The van der Waals surface area contributed by atoms with Crippen LogP contribution in [0.25, 0.3) is 0 Å². The van der Waals surface area contributed by atoms with Crippen molar-refractivity contribution in [2.45, 2.75) is 32.5 Å². The lowest BCUT2D eigenvalue weighted by atomic mass is 10.2. The minimum absolute atomic E-state index is 0.542. The van der Waals surface area contributed by atoms with Crippen molar-refractivity contribution in [3.8, 4) is 0 Å². The molecule has 0 aromatic carbocycles. The van der Waals surface area contributed by atoms with E-state index < -0.39 is 12.2 Å². The van der Waals surface area contributed by atoms with E-state index in [0.717, 1.165) is 0 Å². The molecule has 0 aliphatic carbocycles. The molecule has 0 rings (SSSR count). The molecule has 0 saturated heterocycles. The van der Waals surface area contributed by atoms with Gasteiger partial charge >= 0.3 is 0 Å². The summed E-state index contributed by atoms with van der Waals surface area (Å²) in [5.41, 5.74) is 0. The molecule has 0 saturated carbocycles. The molecule has 0 heterocycles. The molecule has 0 bridgehead atoms. The van der Waals surface area contributed by atoms with E-state index >= 15 is 0 Å². The zero-order chi connectivity index (χ0) is 5.86. The maximum Gasteiger partial charge on any atom is 0.0793 e. The summed E-state index contributed by atoms with van der Waals surface area (Å²) >= 11 is 0. The van der Waals surface area contributed by atoms with E-state index in [1.165, 1.54) is 0 Å². The molecular formula is C5H12O2. The Morgan fingerprint density at radius 1 is 1.43 bits per heavy atom. The maximum absolute atomic E-state index is 8.69. The fourth-order valence-electron chi connectivity index (χ4n) is 0.341. The van der Waals surface area contributed by atoms with Crippen LogP contribution in [-0.2, 0) is 0 Å². The van der Waals surface area contributed by atoms with Gasteiger partial charge in [0, 0.05) is 0 Å². The van der Waals surface area contributed by atoms with Crippen molar-refractivity contribution in [3.05, 3.63) is 0 Å². The van der Waals surface area contributed by atoms with Crippen molar-refractivity contribution in [3.63, 3.8) is 0 Å². The van der Waals surface area contributed by atoms with Gasteiger partial charge < -0.3 is 10.2 Å². The number of rotatable bonds is 2. The fraction of sp³-hybridized carbons (Fsp3) is 1.00. The molecule has 0 aromatic rings. The predicted molar refractivity (Wildman–Crippen MR) is 28.0 cm³/mol. The summed E-state index contributed by atoms with van der Waals surface area (Å²) in [6.45, 7) is 3.41. The predicted octanol–water partition coefficient (Wildman–Crippen LogP) is 0.138. The van der Waals surface area contributed by atoms with Gasteiger partial charge in [-0.15, -0.1) is 0 Å². The highest BCUT2D eigenvalue weighted by Crippen LogP contribution is 1.94. The van der Waals surface area contributed by atoms with Crippen molar-refractivity contribution in [2.75, 3.05) is 0 Å². The minimum atomic E-state index is -0.579. The van der Waals surface area contributed by atoms with E-state index in [-0.39, 0.29) is 0 Å². The van der Waals surface area contributed by atoms with Crippen LogP contribution in [0.1, 0.15) is 20.3 Å². The smallest absolute Gasteiger partial charge is 0.0793 e. The Hall–Kier alpha value is -0.0800. The highest BCUT2D eigenvalue weighted by molar-refractivity contribution is 4.56. The molecule has 1 unspecified atom stereocenters. The molecule has 7 heavy (non-hydrogen) atoms. The Morgan fingerprint density at radius 3 is 1.86 bits per heavy atom. The standard InChI is InChI=1S/C5H12O2/c1-3-5(7)4(2)6/h4-7H,3H2,1-2H3/t4?,5-/m1/s1. The number of hydrogen-bond acceptors (Lipinski definition) is 2. The van der Waals surface area contributed by atoms with Gasteiger partial charge in [-0.1, -0.05) is 6.92 Å². The first-order valence-electron chi connectivity index (χ1n) is 2.54. The van der Waals surface area contributed by atoms with E-state index in [4.69, 9.17) is 10.2 Å². The van der Waals surface area contributed by atoms with Crippen molar-refractivity contribution in [1.29, 1.82) is 0 Å². The molecule has 0 aliphatic heterocycles.